The monoisotopic (exact) mass is 320 g/mol. The summed E-state index contributed by atoms with van der Waals surface area (Å²) < 4.78 is 0.724. The van der Waals surface area contributed by atoms with Crippen LogP contribution in [0.4, 0.5) is 0 Å². The van der Waals surface area contributed by atoms with Gasteiger partial charge in [-0.3, -0.25) is 19.9 Å². The summed E-state index contributed by atoms with van der Waals surface area (Å²) in [5.41, 5.74) is 0. The van der Waals surface area contributed by atoms with Crippen LogP contribution in [0.1, 0.15) is 4.88 Å². The number of amidine groups is 1. The van der Waals surface area contributed by atoms with Crippen LogP contribution in [0.2, 0.25) is 0 Å². The predicted molar refractivity (Wildman–Crippen MR) is 66.6 cm³/mol. The lowest BCUT2D eigenvalue weighted by Crippen LogP contribution is -2.31. The van der Waals surface area contributed by atoms with E-state index in [9.17, 15) is 14.9 Å². The molecule has 0 unspecified atom stereocenters. The fourth-order valence-electron chi connectivity index (χ4n) is 0.975. The first-order chi connectivity index (χ1) is 8.02. The smallest absolute Gasteiger partial charge is 0.260 e. The number of hydrogen-bond donors (Lipinski definition) is 0. The minimum Gasteiger partial charge on any atom is -0.301 e. The summed E-state index contributed by atoms with van der Waals surface area (Å²) in [5.74, 6) is 0.120. The standard InChI is InChI=1S/C8H9BrN4O3S/c1-12(5-14)7(4-13(15)16)10-2-6-3-11-8(9)17-6/h3,5H,2,4H2,1H3. The topological polar surface area (TPSA) is 88.7 Å². The highest BCUT2D eigenvalue weighted by Crippen LogP contribution is 2.19. The molecule has 92 valence electrons. The second-order valence-corrected chi connectivity index (χ2v) is 5.41. The Balaban J connectivity index is 2.75. The minimum atomic E-state index is -0.526. The van der Waals surface area contributed by atoms with Crippen molar-refractivity contribution in [3.8, 4) is 0 Å². The van der Waals surface area contributed by atoms with E-state index >= 15 is 0 Å². The highest BCUT2D eigenvalue weighted by Gasteiger charge is 2.12. The molecule has 1 aromatic rings. The van der Waals surface area contributed by atoms with Gasteiger partial charge in [0.2, 0.25) is 6.41 Å². The van der Waals surface area contributed by atoms with Crippen molar-refractivity contribution in [1.29, 1.82) is 0 Å². The number of thiazole rings is 1. The molecule has 1 amide bonds. The predicted octanol–water partition coefficient (Wildman–Crippen LogP) is 1.17. The summed E-state index contributed by atoms with van der Waals surface area (Å²) >= 11 is 4.60. The molecule has 0 saturated heterocycles. The quantitative estimate of drug-likeness (QED) is 0.268. The van der Waals surface area contributed by atoms with Crippen LogP contribution >= 0.6 is 27.3 Å². The molecule has 0 aliphatic rings. The van der Waals surface area contributed by atoms with Gasteiger partial charge in [-0.2, -0.15) is 0 Å². The summed E-state index contributed by atoms with van der Waals surface area (Å²) in [4.78, 5) is 30.4. The van der Waals surface area contributed by atoms with Gasteiger partial charge in [0.05, 0.1) is 6.54 Å². The van der Waals surface area contributed by atoms with Crippen molar-refractivity contribution in [2.45, 2.75) is 6.54 Å². The van der Waals surface area contributed by atoms with Crippen LogP contribution in [0, 0.1) is 10.1 Å². The Bertz CT molecular complexity index is 448. The molecule has 0 aliphatic heterocycles. The number of amides is 1. The largest absolute Gasteiger partial charge is 0.301 e. The second-order valence-electron chi connectivity index (χ2n) is 3.02. The Morgan fingerprint density at radius 2 is 2.53 bits per heavy atom. The summed E-state index contributed by atoms with van der Waals surface area (Å²) in [6, 6.07) is 0. The molecular formula is C8H9BrN4O3S. The van der Waals surface area contributed by atoms with Crippen LogP contribution in [-0.4, -0.2) is 40.6 Å². The first-order valence-electron chi connectivity index (χ1n) is 4.46. The number of rotatable bonds is 5. The van der Waals surface area contributed by atoms with Gasteiger partial charge >= 0.3 is 0 Å². The molecule has 0 aliphatic carbocycles. The minimum absolute atomic E-state index is 0.120. The fraction of sp³-hybridized carbons (Fsp3) is 0.375. The van der Waals surface area contributed by atoms with Crippen molar-refractivity contribution in [1.82, 2.24) is 9.88 Å². The third-order valence-electron chi connectivity index (χ3n) is 1.78. The van der Waals surface area contributed by atoms with Gasteiger partial charge < -0.3 is 4.90 Å². The number of hydrogen-bond acceptors (Lipinski definition) is 6. The number of carbonyl (C=O) groups is 1. The Labute approximate surface area is 109 Å². The molecule has 1 rings (SSSR count). The Hall–Kier alpha value is -1.35. The zero-order chi connectivity index (χ0) is 12.8. The maximum absolute atomic E-state index is 10.5. The van der Waals surface area contributed by atoms with Crippen molar-refractivity contribution in [3.63, 3.8) is 0 Å². The lowest BCUT2D eigenvalue weighted by atomic mass is 10.5. The maximum atomic E-state index is 10.5. The number of carbonyl (C=O) groups excluding carboxylic acids is 1. The molecule has 0 N–H and O–H groups in total. The Morgan fingerprint density at radius 1 is 1.82 bits per heavy atom. The van der Waals surface area contributed by atoms with Crippen molar-refractivity contribution in [3.05, 3.63) is 25.1 Å². The SMILES string of the molecule is CN(C=O)C(C[N+](=O)[O-])=NCc1cnc(Br)s1. The van der Waals surface area contributed by atoms with Crippen LogP contribution in [0.5, 0.6) is 0 Å². The highest BCUT2D eigenvalue weighted by atomic mass is 79.9. The summed E-state index contributed by atoms with van der Waals surface area (Å²) in [6.45, 7) is -0.208. The van der Waals surface area contributed by atoms with Gasteiger partial charge in [-0.05, 0) is 15.9 Å². The summed E-state index contributed by atoms with van der Waals surface area (Å²) in [6.07, 6.45) is 2.12. The van der Waals surface area contributed by atoms with Gasteiger partial charge in [0.15, 0.2) is 9.75 Å². The second kappa shape index (κ2) is 6.40. The number of halogens is 1. The van der Waals surface area contributed by atoms with Gasteiger partial charge in [-0.1, -0.05) is 0 Å². The third-order valence-corrected chi connectivity index (χ3v) is 3.24. The highest BCUT2D eigenvalue weighted by molar-refractivity contribution is 9.11. The van der Waals surface area contributed by atoms with Crippen LogP contribution < -0.4 is 0 Å². The Morgan fingerprint density at radius 3 is 3.00 bits per heavy atom. The van der Waals surface area contributed by atoms with Gasteiger partial charge in [0.25, 0.3) is 6.54 Å². The van der Waals surface area contributed by atoms with E-state index < -0.39 is 11.5 Å². The molecule has 0 aromatic carbocycles. The van der Waals surface area contributed by atoms with E-state index in [1.807, 2.05) is 0 Å². The molecule has 1 aromatic heterocycles. The van der Waals surface area contributed by atoms with E-state index in [1.165, 1.54) is 18.4 Å². The van der Waals surface area contributed by atoms with Gasteiger partial charge in [0.1, 0.15) is 0 Å². The van der Waals surface area contributed by atoms with Gasteiger partial charge in [-0.25, -0.2) is 4.98 Å². The van der Waals surface area contributed by atoms with Crippen molar-refractivity contribution in [2.24, 2.45) is 4.99 Å². The van der Waals surface area contributed by atoms with Crippen molar-refractivity contribution in [2.75, 3.05) is 13.6 Å². The van der Waals surface area contributed by atoms with Crippen LogP contribution in [0.25, 0.3) is 0 Å². The van der Waals surface area contributed by atoms with E-state index in [0.717, 1.165) is 13.7 Å². The van der Waals surface area contributed by atoms with E-state index in [1.54, 1.807) is 6.20 Å². The molecule has 0 saturated carbocycles. The van der Waals surface area contributed by atoms with Crippen LogP contribution in [0.15, 0.2) is 15.1 Å². The summed E-state index contributed by atoms with van der Waals surface area (Å²) in [5, 5.41) is 10.4. The number of aromatic nitrogens is 1. The third kappa shape index (κ3) is 4.57. The zero-order valence-corrected chi connectivity index (χ0v) is 11.3. The molecule has 0 radical (unpaired) electrons. The first-order valence-corrected chi connectivity index (χ1v) is 6.07. The van der Waals surface area contributed by atoms with E-state index in [-0.39, 0.29) is 12.4 Å². The molecule has 7 nitrogen and oxygen atoms in total. The summed E-state index contributed by atoms with van der Waals surface area (Å²) in [7, 11) is 1.43. The molecule has 0 atom stereocenters. The van der Waals surface area contributed by atoms with Gasteiger partial charge in [0, 0.05) is 23.0 Å². The Kier molecular flexibility index (Phi) is 5.16. The molecule has 1 heterocycles. The maximum Gasteiger partial charge on any atom is 0.260 e. The van der Waals surface area contributed by atoms with Gasteiger partial charge in [-0.15, -0.1) is 11.3 Å². The molecule has 0 fully saturated rings. The van der Waals surface area contributed by atoms with Crippen molar-refractivity contribution >= 4 is 39.5 Å². The average molecular weight is 321 g/mol. The zero-order valence-electron chi connectivity index (χ0n) is 8.87. The molecule has 17 heavy (non-hydrogen) atoms. The normalized spacial score (nSPS) is 11.3. The van der Waals surface area contributed by atoms with E-state index in [4.69, 9.17) is 0 Å². The van der Waals surface area contributed by atoms with E-state index in [0.29, 0.717) is 6.41 Å². The molecular weight excluding hydrogens is 312 g/mol. The van der Waals surface area contributed by atoms with E-state index in [2.05, 4.69) is 25.9 Å². The number of likely N-dealkylation sites (N-methyl/N-ethyl adjacent to an activating group) is 1. The van der Waals surface area contributed by atoms with Crippen LogP contribution in [0.3, 0.4) is 0 Å². The average Bonchev–Trinajstić information content (AvgIpc) is 2.68. The van der Waals surface area contributed by atoms with Crippen LogP contribution in [-0.2, 0) is 11.3 Å². The number of nitro groups is 1. The molecule has 0 bridgehead atoms. The lowest BCUT2D eigenvalue weighted by Gasteiger charge is -2.09. The molecule has 0 spiro atoms. The fourth-order valence-corrected chi connectivity index (χ4v) is 2.26. The lowest BCUT2D eigenvalue weighted by molar-refractivity contribution is -0.464. The number of aliphatic imine (C=N–C) groups is 1. The first kappa shape index (κ1) is 13.7. The molecule has 9 heteroatoms. The van der Waals surface area contributed by atoms with Crippen molar-refractivity contribution < 1.29 is 9.72 Å². The number of nitrogens with zero attached hydrogens (tertiary/aromatic N) is 4.